The molecule has 0 aliphatic carbocycles. The van der Waals surface area contributed by atoms with E-state index in [1.54, 1.807) is 18.2 Å². The number of amides is 1. The highest BCUT2D eigenvalue weighted by molar-refractivity contribution is 6.00. The summed E-state index contributed by atoms with van der Waals surface area (Å²) in [6.07, 6.45) is -4.47. The number of H-pyrrole nitrogens is 1. The van der Waals surface area contributed by atoms with Gasteiger partial charge in [0.05, 0.1) is 11.1 Å². The van der Waals surface area contributed by atoms with Crippen molar-refractivity contribution in [3.63, 3.8) is 0 Å². The van der Waals surface area contributed by atoms with Gasteiger partial charge in [0.1, 0.15) is 18.1 Å². The fourth-order valence-corrected chi connectivity index (χ4v) is 3.63. The van der Waals surface area contributed by atoms with Crippen molar-refractivity contribution < 1.29 is 27.4 Å². The SMILES string of the molecule is CC(C)(C)c1ccc(OCC(=O)Nc2n[nH]c3ccc(OCc4ccccc4C(F)(F)F)cc23)cc1. The lowest BCUT2D eigenvalue weighted by atomic mass is 9.87. The summed E-state index contributed by atoms with van der Waals surface area (Å²) in [5, 5.41) is 10.2. The van der Waals surface area contributed by atoms with Crippen LogP contribution in [0, 0.1) is 0 Å². The van der Waals surface area contributed by atoms with Gasteiger partial charge in [0.15, 0.2) is 12.4 Å². The summed E-state index contributed by atoms with van der Waals surface area (Å²) in [5.74, 6) is 0.767. The Hall–Kier alpha value is -4.01. The second-order valence-corrected chi connectivity index (χ2v) is 9.33. The van der Waals surface area contributed by atoms with Gasteiger partial charge in [-0.15, -0.1) is 0 Å². The number of ether oxygens (including phenoxy) is 2. The molecule has 188 valence electrons. The van der Waals surface area contributed by atoms with Gasteiger partial charge in [0, 0.05) is 10.9 Å². The summed E-state index contributed by atoms with van der Waals surface area (Å²) in [7, 11) is 0. The summed E-state index contributed by atoms with van der Waals surface area (Å²) < 4.78 is 50.9. The molecule has 9 heteroatoms. The highest BCUT2D eigenvalue weighted by Crippen LogP contribution is 2.33. The number of halogens is 3. The molecule has 4 aromatic rings. The minimum absolute atomic E-state index is 0.0151. The molecule has 0 saturated heterocycles. The largest absolute Gasteiger partial charge is 0.489 e. The van der Waals surface area contributed by atoms with Gasteiger partial charge in [-0.25, -0.2) is 0 Å². The Kier molecular flexibility index (Phi) is 6.92. The quantitative estimate of drug-likeness (QED) is 0.307. The van der Waals surface area contributed by atoms with Gasteiger partial charge in [-0.2, -0.15) is 18.3 Å². The van der Waals surface area contributed by atoms with E-state index in [1.165, 1.54) is 18.2 Å². The number of hydrogen-bond donors (Lipinski definition) is 2. The van der Waals surface area contributed by atoms with Crippen molar-refractivity contribution >= 4 is 22.6 Å². The van der Waals surface area contributed by atoms with Crippen LogP contribution in [0.1, 0.15) is 37.5 Å². The molecule has 0 spiro atoms. The third-order valence-electron chi connectivity index (χ3n) is 5.60. The molecule has 0 atom stereocenters. The minimum Gasteiger partial charge on any atom is -0.489 e. The van der Waals surface area contributed by atoms with Gasteiger partial charge in [0.2, 0.25) is 0 Å². The zero-order valence-electron chi connectivity index (χ0n) is 20.1. The molecule has 0 aliphatic rings. The van der Waals surface area contributed by atoms with Crippen LogP contribution in [-0.4, -0.2) is 22.7 Å². The Labute approximate surface area is 206 Å². The number of anilines is 1. The smallest absolute Gasteiger partial charge is 0.416 e. The predicted octanol–water partition coefficient (Wildman–Crippen LogP) is 6.48. The molecule has 0 unspecified atom stereocenters. The van der Waals surface area contributed by atoms with Crippen LogP contribution in [0.5, 0.6) is 11.5 Å². The molecule has 0 radical (unpaired) electrons. The molecule has 1 amide bonds. The molecule has 1 heterocycles. The molecule has 1 aromatic heterocycles. The number of fused-ring (bicyclic) bond motifs is 1. The zero-order chi connectivity index (χ0) is 25.9. The molecule has 0 aliphatic heterocycles. The number of hydrogen-bond acceptors (Lipinski definition) is 4. The summed E-state index contributed by atoms with van der Waals surface area (Å²) >= 11 is 0. The molecule has 3 aromatic carbocycles. The maximum absolute atomic E-state index is 13.2. The maximum Gasteiger partial charge on any atom is 0.416 e. The molecule has 4 rings (SSSR count). The Morgan fingerprint density at radius 2 is 1.64 bits per heavy atom. The third-order valence-corrected chi connectivity index (χ3v) is 5.60. The summed E-state index contributed by atoms with van der Waals surface area (Å²) in [6.45, 7) is 5.86. The number of rotatable bonds is 7. The highest BCUT2D eigenvalue weighted by Gasteiger charge is 2.33. The number of nitrogens with one attached hydrogen (secondary N) is 2. The second-order valence-electron chi connectivity index (χ2n) is 9.33. The van der Waals surface area contributed by atoms with Crippen molar-refractivity contribution in [3.8, 4) is 11.5 Å². The van der Waals surface area contributed by atoms with Crippen molar-refractivity contribution in [1.82, 2.24) is 10.2 Å². The molecule has 0 fully saturated rings. The van der Waals surface area contributed by atoms with Gasteiger partial charge in [0.25, 0.3) is 5.91 Å². The van der Waals surface area contributed by atoms with Crippen LogP contribution in [0.4, 0.5) is 19.0 Å². The average molecular weight is 498 g/mol. The normalized spacial score (nSPS) is 11.9. The van der Waals surface area contributed by atoms with E-state index in [-0.39, 0.29) is 30.0 Å². The van der Waals surface area contributed by atoms with Gasteiger partial charge >= 0.3 is 6.18 Å². The molecular formula is C27H26F3N3O3. The Bertz CT molecular complexity index is 1360. The molecule has 2 N–H and O–H groups in total. The van der Waals surface area contributed by atoms with Crippen LogP contribution in [0.3, 0.4) is 0 Å². The number of aromatic amines is 1. The first kappa shape index (κ1) is 25.1. The first-order chi connectivity index (χ1) is 17.0. The van der Waals surface area contributed by atoms with Crippen molar-refractivity contribution in [2.24, 2.45) is 0 Å². The van der Waals surface area contributed by atoms with E-state index in [2.05, 4.69) is 36.3 Å². The van der Waals surface area contributed by atoms with E-state index in [0.29, 0.717) is 22.4 Å². The van der Waals surface area contributed by atoms with Crippen LogP contribution in [-0.2, 0) is 23.0 Å². The molecule has 36 heavy (non-hydrogen) atoms. The minimum atomic E-state index is -4.47. The monoisotopic (exact) mass is 497 g/mol. The highest BCUT2D eigenvalue weighted by atomic mass is 19.4. The molecule has 0 bridgehead atoms. The predicted molar refractivity (Wildman–Crippen MR) is 131 cm³/mol. The number of aromatic nitrogens is 2. The van der Waals surface area contributed by atoms with E-state index in [9.17, 15) is 18.0 Å². The Morgan fingerprint density at radius 3 is 2.33 bits per heavy atom. The number of nitrogens with zero attached hydrogens (tertiary/aromatic N) is 1. The van der Waals surface area contributed by atoms with E-state index >= 15 is 0 Å². The number of carbonyl (C=O) groups is 1. The van der Waals surface area contributed by atoms with Gasteiger partial charge in [-0.1, -0.05) is 51.1 Å². The third kappa shape index (κ3) is 5.97. The lowest BCUT2D eigenvalue weighted by Gasteiger charge is -2.19. The molecular weight excluding hydrogens is 471 g/mol. The second kappa shape index (κ2) is 9.93. The van der Waals surface area contributed by atoms with Gasteiger partial charge in [-0.05, 0) is 47.4 Å². The Balaban J connectivity index is 1.40. The van der Waals surface area contributed by atoms with E-state index in [1.807, 2.05) is 24.3 Å². The van der Waals surface area contributed by atoms with E-state index in [0.717, 1.165) is 11.6 Å². The first-order valence-electron chi connectivity index (χ1n) is 11.3. The van der Waals surface area contributed by atoms with Crippen LogP contribution in [0.15, 0.2) is 66.7 Å². The van der Waals surface area contributed by atoms with Crippen molar-refractivity contribution in [3.05, 3.63) is 83.4 Å². The number of alkyl halides is 3. The van der Waals surface area contributed by atoms with Crippen molar-refractivity contribution in [2.45, 2.75) is 39.0 Å². The summed E-state index contributed by atoms with van der Waals surface area (Å²) in [6, 6.07) is 17.7. The van der Waals surface area contributed by atoms with Gasteiger partial charge in [-0.3, -0.25) is 9.89 Å². The lowest BCUT2D eigenvalue weighted by molar-refractivity contribution is -0.138. The average Bonchev–Trinajstić information content (AvgIpc) is 3.22. The standard InChI is InChI=1S/C27H26F3N3O3/c1-26(2,3)18-8-10-19(11-9-18)36-16-24(34)31-25-21-14-20(12-13-23(21)32-33-25)35-15-17-6-4-5-7-22(17)27(28,29)30/h4-14H,15-16H2,1-3H3,(H2,31,32,33,34). The number of carbonyl (C=O) groups excluding carboxylic acids is 1. The van der Waals surface area contributed by atoms with Crippen LogP contribution >= 0.6 is 0 Å². The molecule has 6 nitrogen and oxygen atoms in total. The maximum atomic E-state index is 13.2. The molecule has 0 saturated carbocycles. The fraction of sp³-hybridized carbons (Fsp3) is 0.259. The number of benzene rings is 3. The van der Waals surface area contributed by atoms with E-state index < -0.39 is 17.6 Å². The van der Waals surface area contributed by atoms with Crippen molar-refractivity contribution in [2.75, 3.05) is 11.9 Å². The summed E-state index contributed by atoms with van der Waals surface area (Å²) in [5.41, 5.74) is 1.09. The van der Waals surface area contributed by atoms with Gasteiger partial charge < -0.3 is 14.8 Å². The van der Waals surface area contributed by atoms with Crippen LogP contribution in [0.25, 0.3) is 10.9 Å². The van der Waals surface area contributed by atoms with Crippen molar-refractivity contribution in [1.29, 1.82) is 0 Å². The Morgan fingerprint density at radius 1 is 0.944 bits per heavy atom. The van der Waals surface area contributed by atoms with E-state index in [4.69, 9.17) is 9.47 Å². The topological polar surface area (TPSA) is 76.2 Å². The van der Waals surface area contributed by atoms with Crippen LogP contribution < -0.4 is 14.8 Å². The fourth-order valence-electron chi connectivity index (χ4n) is 3.63. The summed E-state index contributed by atoms with van der Waals surface area (Å²) in [4.78, 5) is 12.5. The lowest BCUT2D eigenvalue weighted by Crippen LogP contribution is -2.20. The first-order valence-corrected chi connectivity index (χ1v) is 11.3. The zero-order valence-corrected chi connectivity index (χ0v) is 20.1. The van der Waals surface area contributed by atoms with Crippen LogP contribution in [0.2, 0.25) is 0 Å².